The van der Waals surface area contributed by atoms with Crippen LogP contribution in [0, 0.1) is 5.41 Å². The number of amidine groups is 1. The fourth-order valence-electron chi connectivity index (χ4n) is 2.40. The third-order valence-electron chi connectivity index (χ3n) is 3.83. The summed E-state index contributed by atoms with van der Waals surface area (Å²) in [5, 5.41) is 34.1. The van der Waals surface area contributed by atoms with Crippen LogP contribution in [0.15, 0.2) is 46.9 Å². The number of rotatable bonds is 7. The Morgan fingerprint density at radius 2 is 2.07 bits per heavy atom. The van der Waals surface area contributed by atoms with Crippen molar-refractivity contribution in [3.8, 4) is 17.4 Å². The maximum atomic E-state index is 10.0. The SMILES string of the molecule is CC(CO)NC(=N)c1c(O)nsc1Nc1ccc(Oc2ccccc2Br)c(Cl)c1. The highest BCUT2D eigenvalue weighted by Crippen LogP contribution is 2.37. The first-order chi connectivity index (χ1) is 13.9. The molecule has 29 heavy (non-hydrogen) atoms. The van der Waals surface area contributed by atoms with E-state index < -0.39 is 0 Å². The number of nitrogens with one attached hydrogen (secondary N) is 3. The lowest BCUT2D eigenvalue weighted by atomic mass is 10.2. The van der Waals surface area contributed by atoms with E-state index in [4.69, 9.17) is 26.9 Å². The molecule has 10 heteroatoms. The quantitative estimate of drug-likeness (QED) is 0.229. The standard InChI is InChI=1S/C19H18BrClN4O3S/c1-10(9-26)23-17(22)16-18(27)25-29-19(16)24-11-6-7-15(13(21)8-11)28-14-5-3-2-4-12(14)20/h2-8,10,24,26H,9H2,1H3,(H2,22,23)(H,25,27). The highest BCUT2D eigenvalue weighted by atomic mass is 79.9. The number of benzene rings is 2. The number of aliphatic hydroxyl groups is 1. The van der Waals surface area contributed by atoms with E-state index in [1.807, 2.05) is 24.3 Å². The van der Waals surface area contributed by atoms with Gasteiger partial charge in [0.2, 0.25) is 5.88 Å². The number of aromatic hydroxyl groups is 1. The molecule has 2 aromatic carbocycles. The highest BCUT2D eigenvalue weighted by molar-refractivity contribution is 9.10. The molecule has 1 aromatic heterocycles. The number of anilines is 2. The summed E-state index contributed by atoms with van der Waals surface area (Å²) in [6.45, 7) is 1.58. The van der Waals surface area contributed by atoms with Gasteiger partial charge in [0.1, 0.15) is 27.9 Å². The Kier molecular flexibility index (Phi) is 6.96. The predicted octanol–water partition coefficient (Wildman–Crippen LogP) is 5.10. The third-order valence-corrected chi connectivity index (χ3v) is 5.54. The van der Waals surface area contributed by atoms with E-state index in [1.54, 1.807) is 25.1 Å². The molecular formula is C19H18BrClN4O3S. The van der Waals surface area contributed by atoms with Crippen LogP contribution in [0.2, 0.25) is 5.02 Å². The lowest BCUT2D eigenvalue weighted by Crippen LogP contribution is -2.35. The molecule has 0 spiro atoms. The highest BCUT2D eigenvalue weighted by Gasteiger charge is 2.19. The van der Waals surface area contributed by atoms with Crippen LogP contribution in [-0.2, 0) is 0 Å². The Balaban J connectivity index is 1.79. The topological polar surface area (TPSA) is 110 Å². The Bertz CT molecular complexity index is 1030. The summed E-state index contributed by atoms with van der Waals surface area (Å²) in [6.07, 6.45) is 0. The van der Waals surface area contributed by atoms with Gasteiger partial charge in [0, 0.05) is 11.7 Å². The molecule has 0 aliphatic carbocycles. The Morgan fingerprint density at radius 3 is 2.76 bits per heavy atom. The molecule has 0 bridgehead atoms. The summed E-state index contributed by atoms with van der Waals surface area (Å²) < 4.78 is 10.6. The smallest absolute Gasteiger partial charge is 0.236 e. The molecule has 3 aromatic rings. The van der Waals surface area contributed by atoms with Crippen molar-refractivity contribution in [3.05, 3.63) is 57.5 Å². The minimum Gasteiger partial charge on any atom is -0.492 e. The summed E-state index contributed by atoms with van der Waals surface area (Å²) in [5.41, 5.74) is 0.863. The third kappa shape index (κ3) is 5.18. The first kappa shape index (κ1) is 21.4. The molecule has 1 heterocycles. The summed E-state index contributed by atoms with van der Waals surface area (Å²) >= 11 is 10.8. The average molecular weight is 498 g/mol. The summed E-state index contributed by atoms with van der Waals surface area (Å²) in [6, 6.07) is 12.3. The van der Waals surface area contributed by atoms with E-state index in [0.717, 1.165) is 16.0 Å². The minimum atomic E-state index is -0.335. The van der Waals surface area contributed by atoms with E-state index in [9.17, 15) is 5.11 Å². The molecule has 1 unspecified atom stereocenters. The number of para-hydroxylation sites is 1. The molecule has 0 aliphatic rings. The first-order valence-electron chi connectivity index (χ1n) is 8.53. The van der Waals surface area contributed by atoms with Crippen molar-refractivity contribution in [3.63, 3.8) is 0 Å². The van der Waals surface area contributed by atoms with E-state index in [2.05, 4.69) is 30.9 Å². The van der Waals surface area contributed by atoms with Crippen LogP contribution in [0.5, 0.6) is 17.4 Å². The largest absolute Gasteiger partial charge is 0.492 e. The Hall–Kier alpha value is -2.33. The molecule has 0 aliphatic heterocycles. The summed E-state index contributed by atoms with van der Waals surface area (Å²) in [4.78, 5) is 0. The van der Waals surface area contributed by atoms with Crippen LogP contribution in [0.3, 0.4) is 0 Å². The number of hydrogen-bond acceptors (Lipinski definition) is 7. The summed E-state index contributed by atoms with van der Waals surface area (Å²) in [5.74, 6) is 0.824. The normalized spacial score (nSPS) is 11.7. The van der Waals surface area contributed by atoms with E-state index in [0.29, 0.717) is 27.2 Å². The fraction of sp³-hybridized carbons (Fsp3) is 0.158. The van der Waals surface area contributed by atoms with Gasteiger partial charge in [-0.1, -0.05) is 23.7 Å². The maximum Gasteiger partial charge on any atom is 0.236 e. The molecule has 152 valence electrons. The lowest BCUT2D eigenvalue weighted by molar-refractivity contribution is 0.264. The van der Waals surface area contributed by atoms with Crippen molar-refractivity contribution in [2.24, 2.45) is 0 Å². The monoisotopic (exact) mass is 496 g/mol. The van der Waals surface area contributed by atoms with Crippen molar-refractivity contribution in [1.82, 2.24) is 9.69 Å². The van der Waals surface area contributed by atoms with Gasteiger partial charge < -0.3 is 25.6 Å². The van der Waals surface area contributed by atoms with Crippen molar-refractivity contribution in [1.29, 1.82) is 5.41 Å². The van der Waals surface area contributed by atoms with Gasteiger partial charge in [0.15, 0.2) is 0 Å². The second-order valence-electron chi connectivity index (χ2n) is 6.12. The van der Waals surface area contributed by atoms with Gasteiger partial charge in [0.05, 0.1) is 16.1 Å². The molecule has 0 saturated carbocycles. The molecule has 7 nitrogen and oxygen atoms in total. The van der Waals surface area contributed by atoms with Gasteiger partial charge in [-0.2, -0.15) is 4.37 Å². The molecule has 3 rings (SSSR count). The lowest BCUT2D eigenvalue weighted by Gasteiger charge is -2.14. The Labute approximate surface area is 185 Å². The number of nitrogens with zero attached hydrogens (tertiary/aromatic N) is 1. The van der Waals surface area contributed by atoms with Crippen LogP contribution >= 0.6 is 39.1 Å². The zero-order valence-corrected chi connectivity index (χ0v) is 18.4. The van der Waals surface area contributed by atoms with Gasteiger partial charge in [0.25, 0.3) is 0 Å². The number of aliphatic hydroxyl groups excluding tert-OH is 1. The second-order valence-corrected chi connectivity index (χ2v) is 8.15. The van der Waals surface area contributed by atoms with Crippen molar-refractivity contribution in [2.75, 3.05) is 11.9 Å². The van der Waals surface area contributed by atoms with Gasteiger partial charge >= 0.3 is 0 Å². The van der Waals surface area contributed by atoms with E-state index >= 15 is 0 Å². The molecule has 0 saturated heterocycles. The minimum absolute atomic E-state index is 0.0414. The Morgan fingerprint density at radius 1 is 1.31 bits per heavy atom. The second kappa shape index (κ2) is 9.45. The van der Waals surface area contributed by atoms with Crippen LogP contribution in [0.4, 0.5) is 10.7 Å². The zero-order chi connectivity index (χ0) is 21.0. The van der Waals surface area contributed by atoms with Crippen LogP contribution in [0.25, 0.3) is 0 Å². The molecule has 1 atom stereocenters. The molecular weight excluding hydrogens is 480 g/mol. The van der Waals surface area contributed by atoms with Crippen molar-refractivity contribution < 1.29 is 14.9 Å². The van der Waals surface area contributed by atoms with E-state index in [1.165, 1.54) is 0 Å². The van der Waals surface area contributed by atoms with Crippen LogP contribution in [-0.4, -0.2) is 33.1 Å². The van der Waals surface area contributed by atoms with Crippen LogP contribution < -0.4 is 15.4 Å². The molecule has 0 amide bonds. The number of aromatic nitrogens is 1. The molecule has 0 radical (unpaired) electrons. The van der Waals surface area contributed by atoms with Gasteiger partial charge in [-0.25, -0.2) is 0 Å². The predicted molar refractivity (Wildman–Crippen MR) is 119 cm³/mol. The van der Waals surface area contributed by atoms with Crippen molar-refractivity contribution >= 4 is 55.6 Å². The number of hydrogen-bond donors (Lipinski definition) is 5. The molecule has 5 N–H and O–H groups in total. The fourth-order valence-corrected chi connectivity index (χ4v) is 3.70. The van der Waals surface area contributed by atoms with Crippen molar-refractivity contribution in [2.45, 2.75) is 13.0 Å². The maximum absolute atomic E-state index is 10.0. The zero-order valence-electron chi connectivity index (χ0n) is 15.2. The number of halogens is 2. The van der Waals surface area contributed by atoms with Gasteiger partial charge in [-0.15, -0.1) is 0 Å². The average Bonchev–Trinajstić information content (AvgIpc) is 3.05. The summed E-state index contributed by atoms with van der Waals surface area (Å²) in [7, 11) is 0. The first-order valence-corrected chi connectivity index (χ1v) is 10.5. The van der Waals surface area contributed by atoms with E-state index in [-0.39, 0.29) is 29.9 Å². The van der Waals surface area contributed by atoms with Crippen LogP contribution in [0.1, 0.15) is 12.5 Å². The van der Waals surface area contributed by atoms with Gasteiger partial charge in [-0.05, 0) is 64.7 Å². The van der Waals surface area contributed by atoms with Gasteiger partial charge in [-0.3, -0.25) is 5.41 Å². The molecule has 0 fully saturated rings. The number of ether oxygens (including phenoxy) is 1.